The molecule has 1 aromatic carbocycles. The molecule has 1 aromatic rings. The zero-order valence-electron chi connectivity index (χ0n) is 9.49. The van der Waals surface area contributed by atoms with Gasteiger partial charge in [-0.05, 0) is 31.0 Å². The maximum absolute atomic E-state index is 12.7. The molecule has 1 rings (SSSR count). The Labute approximate surface area is 106 Å². The van der Waals surface area contributed by atoms with Crippen molar-refractivity contribution in [3.05, 3.63) is 35.6 Å². The quantitative estimate of drug-likeness (QED) is 0.809. The number of nitrogens with one attached hydrogen (secondary N) is 1. The summed E-state index contributed by atoms with van der Waals surface area (Å²) in [7, 11) is -3.32. The fourth-order valence-corrected chi connectivity index (χ4v) is 3.11. The van der Waals surface area contributed by atoms with Crippen molar-refractivity contribution in [2.45, 2.75) is 19.4 Å². The van der Waals surface area contributed by atoms with Gasteiger partial charge in [0.05, 0.1) is 5.75 Å². The molecule has 1 atom stereocenters. The van der Waals surface area contributed by atoms with Gasteiger partial charge < -0.3 is 0 Å². The van der Waals surface area contributed by atoms with Crippen LogP contribution in [0.5, 0.6) is 0 Å². The Morgan fingerprint density at radius 2 is 1.94 bits per heavy atom. The lowest BCUT2D eigenvalue weighted by molar-refractivity contribution is 0.560. The van der Waals surface area contributed by atoms with E-state index in [-0.39, 0.29) is 23.5 Å². The minimum Gasteiger partial charge on any atom is -0.212 e. The summed E-state index contributed by atoms with van der Waals surface area (Å²) in [6, 6.07) is 5.75. The van der Waals surface area contributed by atoms with Crippen LogP contribution >= 0.6 is 11.6 Å². The van der Waals surface area contributed by atoms with Gasteiger partial charge in [-0.1, -0.05) is 12.1 Å². The molecule has 1 N–H and O–H groups in total. The van der Waals surface area contributed by atoms with Crippen LogP contribution in [0, 0.1) is 5.82 Å². The van der Waals surface area contributed by atoms with Crippen molar-refractivity contribution in [1.29, 1.82) is 0 Å². The van der Waals surface area contributed by atoms with E-state index in [0.717, 1.165) is 5.56 Å². The van der Waals surface area contributed by atoms with E-state index in [0.29, 0.717) is 6.42 Å². The van der Waals surface area contributed by atoms with Crippen molar-refractivity contribution < 1.29 is 12.8 Å². The summed E-state index contributed by atoms with van der Waals surface area (Å²) < 4.78 is 38.0. The molecule has 0 heterocycles. The summed E-state index contributed by atoms with van der Waals surface area (Å²) in [6.07, 6.45) is 0.516. The highest BCUT2D eigenvalue weighted by atomic mass is 35.5. The second-order valence-corrected chi connectivity index (χ2v) is 6.11. The maximum Gasteiger partial charge on any atom is 0.213 e. The monoisotopic (exact) mass is 279 g/mol. The highest BCUT2D eigenvalue weighted by Crippen LogP contribution is 2.06. The lowest BCUT2D eigenvalue weighted by Gasteiger charge is -2.13. The average molecular weight is 280 g/mol. The van der Waals surface area contributed by atoms with E-state index in [1.165, 1.54) is 12.1 Å². The van der Waals surface area contributed by atoms with Gasteiger partial charge in [-0.3, -0.25) is 0 Å². The first-order valence-corrected chi connectivity index (χ1v) is 7.42. The zero-order chi connectivity index (χ0) is 12.9. The predicted molar refractivity (Wildman–Crippen MR) is 67.2 cm³/mol. The number of hydrogen-bond acceptors (Lipinski definition) is 2. The zero-order valence-corrected chi connectivity index (χ0v) is 11.1. The number of rotatable bonds is 6. The minimum atomic E-state index is -3.32. The molecule has 0 radical (unpaired) electrons. The molecule has 6 heteroatoms. The van der Waals surface area contributed by atoms with Gasteiger partial charge in [0.15, 0.2) is 0 Å². The summed E-state index contributed by atoms with van der Waals surface area (Å²) >= 11 is 5.39. The topological polar surface area (TPSA) is 46.2 Å². The predicted octanol–water partition coefficient (Wildman–Crippen LogP) is 1.91. The van der Waals surface area contributed by atoms with Gasteiger partial charge in [-0.25, -0.2) is 17.5 Å². The third-order valence-electron chi connectivity index (χ3n) is 2.18. The van der Waals surface area contributed by atoms with Crippen LogP contribution in [-0.4, -0.2) is 26.1 Å². The van der Waals surface area contributed by atoms with Gasteiger partial charge in [0.1, 0.15) is 5.82 Å². The van der Waals surface area contributed by atoms with Crippen LogP contribution in [-0.2, 0) is 16.4 Å². The van der Waals surface area contributed by atoms with Crippen LogP contribution in [0.15, 0.2) is 24.3 Å². The summed E-state index contributed by atoms with van der Waals surface area (Å²) in [5.41, 5.74) is 0.882. The second-order valence-electron chi connectivity index (χ2n) is 3.86. The normalized spacial score (nSPS) is 13.6. The third kappa shape index (κ3) is 5.48. The van der Waals surface area contributed by atoms with Gasteiger partial charge in [-0.2, -0.15) is 0 Å². The molecule has 17 heavy (non-hydrogen) atoms. The molecule has 0 bridgehead atoms. The molecule has 0 aliphatic rings. The molecule has 3 nitrogen and oxygen atoms in total. The molecule has 0 saturated heterocycles. The van der Waals surface area contributed by atoms with Crippen molar-refractivity contribution >= 4 is 21.6 Å². The van der Waals surface area contributed by atoms with Crippen LogP contribution in [0.4, 0.5) is 4.39 Å². The Morgan fingerprint density at radius 3 is 2.47 bits per heavy atom. The Morgan fingerprint density at radius 1 is 1.35 bits per heavy atom. The van der Waals surface area contributed by atoms with Crippen LogP contribution in [0.25, 0.3) is 0 Å². The molecule has 0 fully saturated rings. The van der Waals surface area contributed by atoms with Gasteiger partial charge >= 0.3 is 0 Å². The van der Waals surface area contributed by atoms with E-state index in [1.807, 2.05) is 0 Å². The smallest absolute Gasteiger partial charge is 0.212 e. The maximum atomic E-state index is 12.7. The fourth-order valence-electron chi connectivity index (χ4n) is 1.48. The molecule has 0 aromatic heterocycles. The van der Waals surface area contributed by atoms with E-state index in [9.17, 15) is 12.8 Å². The number of alkyl halides is 1. The molecule has 0 aliphatic heterocycles. The van der Waals surface area contributed by atoms with Crippen molar-refractivity contribution in [2.75, 3.05) is 11.6 Å². The molecular weight excluding hydrogens is 265 g/mol. The van der Waals surface area contributed by atoms with Crippen LogP contribution in [0.3, 0.4) is 0 Å². The molecule has 0 spiro atoms. The van der Waals surface area contributed by atoms with Crippen molar-refractivity contribution in [1.82, 2.24) is 4.72 Å². The molecule has 96 valence electrons. The lowest BCUT2D eigenvalue weighted by atomic mass is 10.1. The van der Waals surface area contributed by atoms with Crippen molar-refractivity contribution in [3.8, 4) is 0 Å². The molecular formula is C11H15ClFNO2S. The van der Waals surface area contributed by atoms with E-state index >= 15 is 0 Å². The SMILES string of the molecule is CC(Cc1ccc(F)cc1)NS(=O)(=O)CCCl. The first-order chi connectivity index (χ1) is 7.93. The average Bonchev–Trinajstić information content (AvgIpc) is 2.20. The van der Waals surface area contributed by atoms with Crippen LogP contribution in [0.2, 0.25) is 0 Å². The minimum absolute atomic E-state index is 0.0681. The number of hydrogen-bond donors (Lipinski definition) is 1. The first-order valence-electron chi connectivity index (χ1n) is 5.23. The van der Waals surface area contributed by atoms with Crippen LogP contribution < -0.4 is 4.72 Å². The summed E-state index contributed by atoms with van der Waals surface area (Å²) in [4.78, 5) is 0. The Hall–Kier alpha value is -0.650. The van der Waals surface area contributed by atoms with E-state index in [4.69, 9.17) is 11.6 Å². The summed E-state index contributed by atoms with van der Waals surface area (Å²) in [5.74, 6) is -0.329. The molecule has 0 aliphatic carbocycles. The number of benzene rings is 1. The largest absolute Gasteiger partial charge is 0.213 e. The first kappa shape index (κ1) is 14.4. The standard InChI is InChI=1S/C11H15ClFNO2S/c1-9(14-17(15,16)7-6-12)8-10-2-4-11(13)5-3-10/h2-5,9,14H,6-8H2,1H3. The molecule has 0 amide bonds. The Kier molecular flexibility index (Phi) is 5.36. The van der Waals surface area contributed by atoms with Gasteiger partial charge in [0, 0.05) is 11.9 Å². The highest BCUT2D eigenvalue weighted by Gasteiger charge is 2.13. The number of sulfonamides is 1. The summed E-state index contributed by atoms with van der Waals surface area (Å²) in [6.45, 7) is 1.76. The second kappa shape index (κ2) is 6.33. The Bertz CT molecular complexity index is 447. The van der Waals surface area contributed by atoms with Gasteiger partial charge in [0.25, 0.3) is 0 Å². The van der Waals surface area contributed by atoms with E-state index in [1.54, 1.807) is 19.1 Å². The van der Waals surface area contributed by atoms with Crippen LogP contribution in [0.1, 0.15) is 12.5 Å². The van der Waals surface area contributed by atoms with Crippen molar-refractivity contribution in [3.63, 3.8) is 0 Å². The van der Waals surface area contributed by atoms with Crippen molar-refractivity contribution in [2.24, 2.45) is 0 Å². The highest BCUT2D eigenvalue weighted by molar-refractivity contribution is 7.89. The molecule has 1 unspecified atom stereocenters. The molecule has 0 saturated carbocycles. The number of halogens is 2. The summed E-state index contributed by atoms with van der Waals surface area (Å²) in [5, 5.41) is 0. The fraction of sp³-hybridized carbons (Fsp3) is 0.455. The van der Waals surface area contributed by atoms with Gasteiger partial charge in [-0.15, -0.1) is 11.6 Å². The third-order valence-corrected chi connectivity index (χ3v) is 4.10. The lowest BCUT2D eigenvalue weighted by Crippen LogP contribution is -2.36. The van der Waals surface area contributed by atoms with Gasteiger partial charge in [0.2, 0.25) is 10.0 Å². The Balaban J connectivity index is 2.55. The van der Waals surface area contributed by atoms with E-state index < -0.39 is 10.0 Å². The van der Waals surface area contributed by atoms with E-state index in [2.05, 4.69) is 4.72 Å².